The van der Waals surface area contributed by atoms with Crippen molar-refractivity contribution in [3.8, 4) is 0 Å². The Morgan fingerprint density at radius 2 is 1.71 bits per heavy atom. The molecule has 0 heterocycles. The Labute approximate surface area is 81.1 Å². The molecule has 0 radical (unpaired) electrons. The van der Waals surface area contributed by atoms with Gasteiger partial charge in [0.2, 0.25) is 0 Å². The minimum absolute atomic E-state index is 0.0444. The molecule has 0 bridgehead atoms. The summed E-state index contributed by atoms with van der Waals surface area (Å²) in [5.41, 5.74) is 10.4. The second-order valence-corrected chi connectivity index (χ2v) is 3.56. The molecule has 6 nitrogen and oxygen atoms in total. The summed E-state index contributed by atoms with van der Waals surface area (Å²) >= 11 is 0. The van der Waals surface area contributed by atoms with Crippen LogP contribution in [0.25, 0.3) is 0 Å². The molecule has 14 heavy (non-hydrogen) atoms. The average molecular weight is 216 g/mol. The minimum atomic E-state index is -2.99. The molecule has 0 spiro atoms. The molecular formula is C7H8N2O4S. The van der Waals surface area contributed by atoms with Crippen LogP contribution in [0.4, 0.5) is 11.4 Å². The Bertz CT molecular complexity index is 459. The first-order chi connectivity index (χ1) is 6.43. The maximum Gasteiger partial charge on any atom is 0.337 e. The lowest BCUT2D eigenvalue weighted by Gasteiger charge is -2.04. The van der Waals surface area contributed by atoms with Gasteiger partial charge in [-0.2, -0.15) is 0 Å². The van der Waals surface area contributed by atoms with Crippen molar-refractivity contribution in [2.75, 3.05) is 11.5 Å². The van der Waals surface area contributed by atoms with E-state index < -0.39 is 16.7 Å². The number of anilines is 2. The molecule has 0 aliphatic heterocycles. The molecule has 1 aromatic carbocycles. The fourth-order valence-electron chi connectivity index (χ4n) is 0.944. The van der Waals surface area contributed by atoms with Gasteiger partial charge in [0.25, 0.3) is 0 Å². The number of carboxylic acid groups (broad SMARTS) is 1. The van der Waals surface area contributed by atoms with Gasteiger partial charge in [-0.25, -0.2) is 13.2 Å². The standard InChI is InChI=1S/C7H8N2O4S/c8-4-1-3(7(10)11)6(14(12)13)2-5(4)9/h1-2,14H,8-9H2,(H,10,11). The van der Waals surface area contributed by atoms with Crippen LogP contribution in [0.2, 0.25) is 0 Å². The van der Waals surface area contributed by atoms with Crippen molar-refractivity contribution >= 4 is 28.0 Å². The largest absolute Gasteiger partial charge is 0.478 e. The van der Waals surface area contributed by atoms with Gasteiger partial charge in [0.15, 0.2) is 10.7 Å². The van der Waals surface area contributed by atoms with Crippen LogP contribution < -0.4 is 11.5 Å². The quantitative estimate of drug-likeness (QED) is 0.391. The number of carboxylic acids is 1. The van der Waals surface area contributed by atoms with Crippen LogP contribution in [0.1, 0.15) is 10.4 Å². The second-order valence-electron chi connectivity index (χ2n) is 2.56. The molecule has 5 N–H and O–H groups in total. The van der Waals surface area contributed by atoms with Crippen LogP contribution in [-0.2, 0) is 10.7 Å². The van der Waals surface area contributed by atoms with Gasteiger partial charge in [-0.05, 0) is 12.1 Å². The number of hydrogen-bond acceptors (Lipinski definition) is 5. The molecule has 0 aliphatic rings. The van der Waals surface area contributed by atoms with Crippen molar-refractivity contribution in [1.82, 2.24) is 0 Å². The van der Waals surface area contributed by atoms with E-state index in [9.17, 15) is 13.2 Å². The molecule has 0 aliphatic carbocycles. The third-order valence-corrected chi connectivity index (χ3v) is 2.39. The zero-order valence-corrected chi connectivity index (χ0v) is 7.82. The van der Waals surface area contributed by atoms with Gasteiger partial charge >= 0.3 is 5.97 Å². The predicted molar refractivity (Wildman–Crippen MR) is 50.8 cm³/mol. The molecule has 0 fully saturated rings. The highest BCUT2D eigenvalue weighted by Crippen LogP contribution is 2.22. The summed E-state index contributed by atoms with van der Waals surface area (Å²) in [7, 11) is -2.99. The molecule has 7 heteroatoms. The molecule has 0 saturated heterocycles. The van der Waals surface area contributed by atoms with E-state index in [-0.39, 0.29) is 21.8 Å². The van der Waals surface area contributed by atoms with Crippen molar-refractivity contribution in [1.29, 1.82) is 0 Å². The van der Waals surface area contributed by atoms with Gasteiger partial charge in [-0.15, -0.1) is 0 Å². The molecule has 1 rings (SSSR count). The van der Waals surface area contributed by atoms with E-state index in [1.165, 1.54) is 0 Å². The van der Waals surface area contributed by atoms with Crippen molar-refractivity contribution in [3.05, 3.63) is 17.7 Å². The lowest BCUT2D eigenvalue weighted by atomic mass is 10.2. The molecule has 0 aromatic heterocycles. The van der Waals surface area contributed by atoms with Gasteiger partial charge in [-0.1, -0.05) is 0 Å². The molecule has 0 atom stereocenters. The fraction of sp³-hybridized carbons (Fsp3) is 0. The third-order valence-electron chi connectivity index (χ3n) is 1.63. The Morgan fingerprint density at radius 1 is 1.21 bits per heavy atom. The summed E-state index contributed by atoms with van der Waals surface area (Å²) in [5.74, 6) is -1.36. The summed E-state index contributed by atoms with van der Waals surface area (Å²) < 4.78 is 21.3. The smallest absolute Gasteiger partial charge is 0.337 e. The van der Waals surface area contributed by atoms with Crippen molar-refractivity contribution in [2.45, 2.75) is 4.90 Å². The van der Waals surface area contributed by atoms with Crippen molar-refractivity contribution in [2.24, 2.45) is 0 Å². The molecule has 0 amide bonds. The summed E-state index contributed by atoms with van der Waals surface area (Å²) in [6.45, 7) is 0. The van der Waals surface area contributed by atoms with Crippen LogP contribution >= 0.6 is 0 Å². The van der Waals surface area contributed by atoms with Crippen molar-refractivity contribution in [3.63, 3.8) is 0 Å². The summed E-state index contributed by atoms with van der Waals surface area (Å²) in [6.07, 6.45) is 0. The van der Waals surface area contributed by atoms with Crippen LogP contribution in [0.5, 0.6) is 0 Å². The number of carbonyl (C=O) groups is 1. The molecule has 0 unspecified atom stereocenters. The van der Waals surface area contributed by atoms with Crippen LogP contribution in [0.3, 0.4) is 0 Å². The first-order valence-corrected chi connectivity index (χ1v) is 4.68. The number of nitrogens with two attached hydrogens (primary N) is 2. The summed E-state index contributed by atoms with van der Waals surface area (Å²) in [4.78, 5) is 10.3. The van der Waals surface area contributed by atoms with E-state index in [4.69, 9.17) is 16.6 Å². The van der Waals surface area contributed by atoms with Gasteiger partial charge in [0.1, 0.15) is 0 Å². The highest BCUT2D eigenvalue weighted by Gasteiger charge is 2.14. The van der Waals surface area contributed by atoms with E-state index in [0.717, 1.165) is 12.1 Å². The highest BCUT2D eigenvalue weighted by atomic mass is 32.2. The maximum atomic E-state index is 10.7. The predicted octanol–water partition coefficient (Wildman–Crippen LogP) is -0.481. The van der Waals surface area contributed by atoms with Gasteiger partial charge in [0.05, 0.1) is 21.8 Å². The maximum absolute atomic E-state index is 10.7. The van der Waals surface area contributed by atoms with E-state index >= 15 is 0 Å². The Kier molecular flexibility index (Phi) is 2.61. The van der Waals surface area contributed by atoms with Crippen LogP contribution in [0, 0.1) is 0 Å². The number of aromatic carboxylic acids is 1. The average Bonchev–Trinajstić information content (AvgIpc) is 2.08. The van der Waals surface area contributed by atoms with E-state index in [1.54, 1.807) is 0 Å². The first kappa shape index (κ1) is 10.3. The molecule has 1 aromatic rings. The molecular weight excluding hydrogens is 208 g/mol. The zero-order valence-electron chi connectivity index (χ0n) is 6.93. The van der Waals surface area contributed by atoms with Crippen molar-refractivity contribution < 1.29 is 18.3 Å². The topological polar surface area (TPSA) is 123 Å². The SMILES string of the molecule is Nc1cc(C(=O)O)c([SH](=O)=O)cc1N. The Hall–Kier alpha value is -1.76. The number of rotatable bonds is 2. The third kappa shape index (κ3) is 1.77. The minimum Gasteiger partial charge on any atom is -0.478 e. The Morgan fingerprint density at radius 3 is 2.14 bits per heavy atom. The second kappa shape index (κ2) is 3.54. The number of nitrogen functional groups attached to an aromatic ring is 2. The fourth-order valence-corrected chi connectivity index (χ4v) is 1.54. The normalized spacial score (nSPS) is 10.4. The summed E-state index contributed by atoms with van der Waals surface area (Å²) in [5, 5.41) is 8.67. The lowest BCUT2D eigenvalue weighted by Crippen LogP contribution is -2.05. The summed E-state index contributed by atoms with van der Waals surface area (Å²) in [6, 6.07) is 2.06. The number of thiol groups is 1. The lowest BCUT2D eigenvalue weighted by molar-refractivity contribution is 0.0693. The molecule has 76 valence electrons. The monoisotopic (exact) mass is 216 g/mol. The van der Waals surface area contributed by atoms with Gasteiger partial charge in [-0.3, -0.25) is 0 Å². The van der Waals surface area contributed by atoms with E-state index in [1.807, 2.05) is 0 Å². The van der Waals surface area contributed by atoms with Gasteiger partial charge < -0.3 is 16.6 Å². The van der Waals surface area contributed by atoms with Crippen LogP contribution in [-0.4, -0.2) is 19.5 Å². The highest BCUT2D eigenvalue weighted by molar-refractivity contribution is 7.72. The van der Waals surface area contributed by atoms with E-state index in [0.29, 0.717) is 0 Å². The van der Waals surface area contributed by atoms with E-state index in [2.05, 4.69) is 0 Å². The number of benzene rings is 1. The molecule has 0 saturated carbocycles. The Balaban J connectivity index is 3.54. The van der Waals surface area contributed by atoms with Crippen LogP contribution in [0.15, 0.2) is 17.0 Å². The first-order valence-electron chi connectivity index (χ1n) is 3.50. The van der Waals surface area contributed by atoms with Gasteiger partial charge in [0, 0.05) is 0 Å². The number of hydrogen-bond donors (Lipinski definition) is 4. The zero-order chi connectivity index (χ0) is 10.9.